The summed E-state index contributed by atoms with van der Waals surface area (Å²) in [5.41, 5.74) is 0.860. The number of nitrogens with zero attached hydrogens (tertiary/aromatic N) is 1. The van der Waals surface area contributed by atoms with Crippen LogP contribution in [-0.4, -0.2) is 23.3 Å². The largest absolute Gasteiger partial charge is 0.349 e. The lowest BCUT2D eigenvalue weighted by Gasteiger charge is -2.09. The molecule has 0 radical (unpaired) electrons. The van der Waals surface area contributed by atoms with Gasteiger partial charge in [0.05, 0.1) is 21.7 Å². The highest BCUT2D eigenvalue weighted by Crippen LogP contribution is 2.19. The van der Waals surface area contributed by atoms with Crippen molar-refractivity contribution >= 4 is 29.3 Å². The van der Waals surface area contributed by atoms with E-state index in [0.717, 1.165) is 0 Å². The van der Waals surface area contributed by atoms with Crippen LogP contribution < -0.4 is 10.6 Å². The summed E-state index contributed by atoms with van der Waals surface area (Å²) in [6, 6.07) is 12.6. The van der Waals surface area contributed by atoms with Crippen molar-refractivity contribution in [1.29, 1.82) is 0 Å². The first-order valence-corrected chi connectivity index (χ1v) is 7.73. The van der Waals surface area contributed by atoms with Crippen molar-refractivity contribution in [2.75, 3.05) is 11.9 Å². The van der Waals surface area contributed by atoms with Crippen LogP contribution in [0.25, 0.3) is 6.08 Å². The van der Waals surface area contributed by atoms with E-state index < -0.39 is 10.8 Å². The number of amides is 2. The van der Waals surface area contributed by atoms with E-state index in [-0.39, 0.29) is 11.6 Å². The summed E-state index contributed by atoms with van der Waals surface area (Å²) in [6.45, 7) is 3.83. The molecule has 0 aromatic heterocycles. The molecule has 0 heterocycles. The monoisotopic (exact) mass is 351 g/mol. The number of anilines is 1. The average Bonchev–Trinajstić information content (AvgIpc) is 2.65. The van der Waals surface area contributed by atoms with E-state index in [4.69, 9.17) is 0 Å². The summed E-state index contributed by atoms with van der Waals surface area (Å²) < 4.78 is 0. The minimum atomic E-state index is -0.517. The summed E-state index contributed by atoms with van der Waals surface area (Å²) in [5.74, 6) is -0.851. The maximum Gasteiger partial charge on any atom is 0.276 e. The number of nitrogens with one attached hydrogen (secondary N) is 2. The van der Waals surface area contributed by atoms with E-state index in [1.54, 1.807) is 48.5 Å². The number of carbonyl (C=O) groups is 2. The van der Waals surface area contributed by atoms with Crippen molar-refractivity contribution in [3.8, 4) is 0 Å². The smallest absolute Gasteiger partial charge is 0.276 e. The number of hydrogen-bond acceptors (Lipinski definition) is 4. The molecule has 2 aromatic carbocycles. The van der Waals surface area contributed by atoms with Gasteiger partial charge in [-0.1, -0.05) is 30.3 Å². The summed E-state index contributed by atoms with van der Waals surface area (Å²) in [4.78, 5) is 34.7. The van der Waals surface area contributed by atoms with Gasteiger partial charge in [-0.15, -0.1) is 6.58 Å². The van der Waals surface area contributed by atoms with Gasteiger partial charge in [0.25, 0.3) is 11.6 Å². The first-order chi connectivity index (χ1) is 12.5. The maximum absolute atomic E-state index is 12.1. The van der Waals surface area contributed by atoms with Gasteiger partial charge < -0.3 is 10.6 Å². The normalized spacial score (nSPS) is 10.3. The highest BCUT2D eigenvalue weighted by molar-refractivity contribution is 6.07. The fourth-order valence-corrected chi connectivity index (χ4v) is 2.18. The van der Waals surface area contributed by atoms with Gasteiger partial charge in [-0.25, -0.2) is 0 Å². The number of carbonyl (C=O) groups excluding carboxylic acids is 2. The predicted octanol–water partition coefficient (Wildman–Crippen LogP) is 3.16. The molecule has 7 heteroatoms. The average molecular weight is 351 g/mol. The van der Waals surface area contributed by atoms with Gasteiger partial charge >= 0.3 is 0 Å². The topological polar surface area (TPSA) is 101 Å². The number of benzene rings is 2. The Balaban J connectivity index is 2.15. The lowest BCUT2D eigenvalue weighted by molar-refractivity contribution is -0.385. The highest BCUT2D eigenvalue weighted by atomic mass is 16.6. The van der Waals surface area contributed by atoms with E-state index in [0.29, 0.717) is 23.4 Å². The number of hydrogen-bond donors (Lipinski definition) is 2. The van der Waals surface area contributed by atoms with Crippen LogP contribution in [0.5, 0.6) is 0 Å². The Labute approximate surface area is 150 Å². The molecule has 0 aliphatic heterocycles. The van der Waals surface area contributed by atoms with Crippen LogP contribution in [-0.2, 0) is 4.79 Å². The van der Waals surface area contributed by atoms with Crippen molar-refractivity contribution in [2.24, 2.45) is 0 Å². The minimum Gasteiger partial charge on any atom is -0.349 e. The molecule has 26 heavy (non-hydrogen) atoms. The minimum absolute atomic E-state index is 0.0965. The molecular formula is C19H17N3O4. The molecule has 0 aliphatic rings. The molecule has 2 aromatic rings. The van der Waals surface area contributed by atoms with Crippen LogP contribution in [0.2, 0.25) is 0 Å². The Kier molecular flexibility index (Phi) is 6.39. The molecule has 0 bridgehead atoms. The van der Waals surface area contributed by atoms with Crippen LogP contribution in [0.4, 0.5) is 11.4 Å². The molecule has 0 atom stereocenters. The molecule has 0 fully saturated rings. The zero-order chi connectivity index (χ0) is 18.9. The Bertz CT molecular complexity index is 875. The molecule has 2 rings (SSSR count). The highest BCUT2D eigenvalue weighted by Gasteiger charge is 2.12. The number of nitro benzene ring substituents is 1. The zero-order valence-corrected chi connectivity index (χ0v) is 13.8. The Morgan fingerprint density at radius 2 is 1.81 bits per heavy atom. The van der Waals surface area contributed by atoms with Gasteiger partial charge in [0, 0.05) is 18.7 Å². The van der Waals surface area contributed by atoms with E-state index in [1.807, 2.05) is 0 Å². The third kappa shape index (κ3) is 4.88. The number of rotatable bonds is 7. The SMILES string of the molecule is C=CCNC(=O)c1ccccc1NC(=O)/C=C/c1ccccc1[N+](=O)[O-]. The van der Waals surface area contributed by atoms with Gasteiger partial charge in [0.15, 0.2) is 0 Å². The molecule has 7 nitrogen and oxygen atoms in total. The van der Waals surface area contributed by atoms with Gasteiger partial charge in [-0.3, -0.25) is 19.7 Å². The molecule has 2 N–H and O–H groups in total. The maximum atomic E-state index is 12.1. The molecular weight excluding hydrogens is 334 g/mol. The summed E-state index contributed by atoms with van der Waals surface area (Å²) >= 11 is 0. The van der Waals surface area contributed by atoms with Gasteiger partial charge in [-0.05, 0) is 24.3 Å². The quantitative estimate of drug-likeness (QED) is 0.346. The van der Waals surface area contributed by atoms with Crippen LogP contribution in [0.15, 0.2) is 67.3 Å². The Morgan fingerprint density at radius 3 is 2.54 bits per heavy atom. The number of para-hydroxylation sites is 2. The zero-order valence-electron chi connectivity index (χ0n) is 13.8. The van der Waals surface area contributed by atoms with E-state index >= 15 is 0 Å². The van der Waals surface area contributed by atoms with Gasteiger partial charge in [0.1, 0.15) is 0 Å². The molecule has 0 saturated heterocycles. The van der Waals surface area contributed by atoms with Crippen molar-refractivity contribution in [1.82, 2.24) is 5.32 Å². The van der Waals surface area contributed by atoms with Crippen LogP contribution in [0, 0.1) is 10.1 Å². The summed E-state index contributed by atoms with van der Waals surface area (Å²) in [6.07, 6.45) is 4.09. The van der Waals surface area contributed by atoms with Gasteiger partial charge in [0.2, 0.25) is 5.91 Å². The Morgan fingerprint density at radius 1 is 1.12 bits per heavy atom. The molecule has 0 spiro atoms. The second-order valence-corrected chi connectivity index (χ2v) is 5.18. The van der Waals surface area contributed by atoms with Crippen molar-refractivity contribution in [3.63, 3.8) is 0 Å². The predicted molar refractivity (Wildman–Crippen MR) is 99.7 cm³/mol. The van der Waals surface area contributed by atoms with Crippen LogP contribution in [0.3, 0.4) is 0 Å². The van der Waals surface area contributed by atoms with Gasteiger partial charge in [-0.2, -0.15) is 0 Å². The fraction of sp³-hybridized carbons (Fsp3) is 0.0526. The van der Waals surface area contributed by atoms with Crippen molar-refractivity contribution < 1.29 is 14.5 Å². The summed E-state index contributed by atoms with van der Waals surface area (Å²) in [5, 5.41) is 16.2. The molecule has 0 unspecified atom stereocenters. The number of nitro groups is 1. The lowest BCUT2D eigenvalue weighted by Crippen LogP contribution is -2.24. The standard InChI is InChI=1S/C19H17N3O4/c1-2-13-20-19(24)15-8-4-5-9-16(15)21-18(23)12-11-14-7-3-6-10-17(14)22(25)26/h2-12H,1,13H2,(H,20,24)(H,21,23)/b12-11+. The van der Waals surface area contributed by atoms with Crippen molar-refractivity contribution in [2.45, 2.75) is 0 Å². The van der Waals surface area contributed by atoms with E-state index in [9.17, 15) is 19.7 Å². The second-order valence-electron chi connectivity index (χ2n) is 5.18. The van der Waals surface area contributed by atoms with E-state index in [1.165, 1.54) is 18.2 Å². The molecule has 132 valence electrons. The second kappa shape index (κ2) is 8.93. The molecule has 0 saturated carbocycles. The third-order valence-corrected chi connectivity index (χ3v) is 3.38. The third-order valence-electron chi connectivity index (χ3n) is 3.38. The lowest BCUT2D eigenvalue weighted by atomic mass is 10.1. The Hall–Kier alpha value is -3.74. The molecule has 0 aliphatic carbocycles. The van der Waals surface area contributed by atoms with Crippen LogP contribution in [0.1, 0.15) is 15.9 Å². The first-order valence-electron chi connectivity index (χ1n) is 7.73. The summed E-state index contributed by atoms with van der Waals surface area (Å²) in [7, 11) is 0. The van der Waals surface area contributed by atoms with E-state index in [2.05, 4.69) is 17.2 Å². The first kappa shape index (κ1) is 18.6. The van der Waals surface area contributed by atoms with Crippen LogP contribution >= 0.6 is 0 Å². The molecule has 2 amide bonds. The van der Waals surface area contributed by atoms with Crippen molar-refractivity contribution in [3.05, 3.63) is 88.5 Å². The fourth-order valence-electron chi connectivity index (χ4n) is 2.18.